The summed E-state index contributed by atoms with van der Waals surface area (Å²) >= 11 is 0. The number of anilines is 1. The van der Waals surface area contributed by atoms with E-state index >= 15 is 4.39 Å². The summed E-state index contributed by atoms with van der Waals surface area (Å²) in [5.74, 6) is -0.213. The molecule has 0 radical (unpaired) electrons. The molecule has 1 spiro atoms. The lowest BCUT2D eigenvalue weighted by Crippen LogP contribution is -2.50. The first-order valence-corrected chi connectivity index (χ1v) is 12.2. The molecule has 1 aliphatic carbocycles. The van der Waals surface area contributed by atoms with Crippen LogP contribution in [0.1, 0.15) is 70.4 Å². The van der Waals surface area contributed by atoms with Gasteiger partial charge in [0.15, 0.2) is 0 Å². The number of likely N-dealkylation sites (tertiary alicyclic amines) is 1. The first-order chi connectivity index (χ1) is 15.7. The normalized spacial score (nSPS) is 29.1. The lowest BCUT2D eigenvalue weighted by atomic mass is 9.78. The lowest BCUT2D eigenvalue weighted by molar-refractivity contribution is -0.139. The fraction of sp³-hybridized carbons (Fsp3) is 0.680. The number of halogens is 1. The Kier molecular flexibility index (Phi) is 6.84. The van der Waals surface area contributed by atoms with Gasteiger partial charge < -0.3 is 25.3 Å². The van der Waals surface area contributed by atoms with Gasteiger partial charge in [-0.3, -0.25) is 4.79 Å². The van der Waals surface area contributed by atoms with Crippen LogP contribution in [0.2, 0.25) is 0 Å². The van der Waals surface area contributed by atoms with Gasteiger partial charge in [0, 0.05) is 25.7 Å². The van der Waals surface area contributed by atoms with Gasteiger partial charge in [0.1, 0.15) is 5.82 Å². The van der Waals surface area contributed by atoms with E-state index in [1.165, 1.54) is 6.07 Å². The number of aliphatic hydroxyl groups is 1. The summed E-state index contributed by atoms with van der Waals surface area (Å²) in [6.07, 6.45) is 4.27. The molecule has 33 heavy (non-hydrogen) atoms. The maximum absolute atomic E-state index is 15.2. The van der Waals surface area contributed by atoms with Crippen LogP contribution < -0.4 is 10.2 Å². The number of piperidine rings is 1. The highest BCUT2D eigenvalue weighted by Crippen LogP contribution is 2.44. The van der Waals surface area contributed by atoms with Crippen LogP contribution in [0.5, 0.6) is 0 Å². The van der Waals surface area contributed by atoms with E-state index in [1.54, 1.807) is 12.1 Å². The Labute approximate surface area is 194 Å². The summed E-state index contributed by atoms with van der Waals surface area (Å²) < 4.78 is 15.2. The molecule has 0 bridgehead atoms. The van der Waals surface area contributed by atoms with Crippen LogP contribution in [0, 0.1) is 17.2 Å². The number of carboxylic acid groups (broad SMARTS) is 1. The van der Waals surface area contributed by atoms with E-state index in [4.69, 9.17) is 5.11 Å². The Balaban J connectivity index is 1.49. The quantitative estimate of drug-likeness (QED) is 0.618. The third-order valence-electron chi connectivity index (χ3n) is 7.85. The molecule has 1 aromatic rings. The Morgan fingerprint density at radius 2 is 1.91 bits per heavy atom. The standard InChI is InChI=1S/C25H36FN3O4/c1-16(2)22(27-24(32)33)17-4-9-21(20(26)14-17)28-12-3-10-25(15-28)11-13-29(23(25)31)18-5-7-19(30)8-6-18/h4,9,14,16,18-19,22,27,30H,3,5-8,10-13,15H2,1-2H3,(H,32,33)/t18-,19-,22?,25?. The monoisotopic (exact) mass is 461 g/mol. The molecule has 2 amide bonds. The molecule has 4 rings (SSSR count). The molecular formula is C25H36FN3O4. The predicted octanol–water partition coefficient (Wildman–Crippen LogP) is 3.91. The largest absolute Gasteiger partial charge is 0.465 e. The maximum atomic E-state index is 15.2. The van der Waals surface area contributed by atoms with Crippen molar-refractivity contribution in [2.24, 2.45) is 11.3 Å². The smallest absolute Gasteiger partial charge is 0.405 e. The molecule has 2 aliphatic heterocycles. The fourth-order valence-corrected chi connectivity index (χ4v) is 6.02. The average molecular weight is 462 g/mol. The molecule has 3 fully saturated rings. The number of nitrogens with zero attached hydrogens (tertiary/aromatic N) is 2. The highest BCUT2D eigenvalue weighted by Gasteiger charge is 2.50. The van der Waals surface area contributed by atoms with Crippen LogP contribution >= 0.6 is 0 Å². The minimum atomic E-state index is -1.13. The summed E-state index contributed by atoms with van der Waals surface area (Å²) in [5, 5.41) is 21.4. The van der Waals surface area contributed by atoms with Crippen LogP contribution in [0.25, 0.3) is 0 Å². The average Bonchev–Trinajstić information content (AvgIpc) is 3.07. The Morgan fingerprint density at radius 1 is 1.18 bits per heavy atom. The molecule has 3 aliphatic rings. The Bertz CT molecular complexity index is 886. The molecular weight excluding hydrogens is 425 g/mol. The maximum Gasteiger partial charge on any atom is 0.405 e. The zero-order valence-electron chi connectivity index (χ0n) is 19.6. The summed E-state index contributed by atoms with van der Waals surface area (Å²) in [6, 6.07) is 4.66. The summed E-state index contributed by atoms with van der Waals surface area (Å²) in [6.45, 7) is 5.74. The minimum Gasteiger partial charge on any atom is -0.465 e. The molecule has 1 saturated carbocycles. The van der Waals surface area contributed by atoms with Crippen molar-refractivity contribution in [2.75, 3.05) is 24.5 Å². The van der Waals surface area contributed by atoms with Crippen LogP contribution in [0.4, 0.5) is 14.9 Å². The number of nitrogens with one attached hydrogen (secondary N) is 1. The van der Waals surface area contributed by atoms with Crippen molar-refractivity contribution in [2.45, 2.75) is 77.0 Å². The SMILES string of the molecule is CC(C)C(NC(=O)O)c1ccc(N2CCCC3(CCN([C@H]4CC[C@H](O)CC4)C3=O)C2)c(F)c1. The van der Waals surface area contributed by atoms with Crippen molar-refractivity contribution >= 4 is 17.7 Å². The van der Waals surface area contributed by atoms with Crippen molar-refractivity contribution < 1.29 is 24.2 Å². The number of hydrogen-bond donors (Lipinski definition) is 3. The molecule has 8 heteroatoms. The number of rotatable bonds is 5. The molecule has 1 aromatic carbocycles. The van der Waals surface area contributed by atoms with Crippen molar-refractivity contribution in [1.82, 2.24) is 10.2 Å². The van der Waals surface area contributed by atoms with Gasteiger partial charge in [0.25, 0.3) is 0 Å². The Hall–Kier alpha value is -2.35. The summed E-state index contributed by atoms with van der Waals surface area (Å²) in [5.41, 5.74) is 0.607. The van der Waals surface area contributed by atoms with Crippen molar-refractivity contribution in [3.05, 3.63) is 29.6 Å². The van der Waals surface area contributed by atoms with E-state index in [0.717, 1.165) is 51.5 Å². The van der Waals surface area contributed by atoms with Crippen LogP contribution in [-0.4, -0.2) is 58.9 Å². The lowest BCUT2D eigenvalue weighted by Gasteiger charge is -2.41. The van der Waals surface area contributed by atoms with Gasteiger partial charge in [0.05, 0.1) is 23.2 Å². The minimum absolute atomic E-state index is 0.0207. The third kappa shape index (κ3) is 4.81. The predicted molar refractivity (Wildman–Crippen MR) is 124 cm³/mol. The van der Waals surface area contributed by atoms with Gasteiger partial charge in [-0.2, -0.15) is 0 Å². The molecule has 182 valence electrons. The van der Waals surface area contributed by atoms with Gasteiger partial charge >= 0.3 is 6.09 Å². The Morgan fingerprint density at radius 3 is 2.55 bits per heavy atom. The van der Waals surface area contributed by atoms with Gasteiger partial charge in [0.2, 0.25) is 5.91 Å². The second kappa shape index (κ2) is 9.49. The molecule has 2 atom stereocenters. The van der Waals surface area contributed by atoms with Crippen molar-refractivity contribution in [3.8, 4) is 0 Å². The first-order valence-electron chi connectivity index (χ1n) is 12.2. The highest BCUT2D eigenvalue weighted by atomic mass is 19.1. The second-order valence-electron chi connectivity index (χ2n) is 10.4. The molecule has 2 saturated heterocycles. The number of aliphatic hydroxyl groups excluding tert-OH is 1. The number of hydrogen-bond acceptors (Lipinski definition) is 4. The zero-order chi connectivity index (χ0) is 23.8. The molecule has 2 heterocycles. The number of amides is 2. The summed E-state index contributed by atoms with van der Waals surface area (Å²) in [4.78, 5) is 28.7. The fourth-order valence-electron chi connectivity index (χ4n) is 6.02. The van der Waals surface area contributed by atoms with E-state index in [2.05, 4.69) is 5.32 Å². The number of carbonyl (C=O) groups is 2. The molecule has 2 unspecified atom stereocenters. The van der Waals surface area contributed by atoms with E-state index < -0.39 is 17.6 Å². The first kappa shape index (κ1) is 23.8. The van der Waals surface area contributed by atoms with Gasteiger partial charge in [-0.25, -0.2) is 9.18 Å². The topological polar surface area (TPSA) is 93.1 Å². The third-order valence-corrected chi connectivity index (χ3v) is 7.85. The zero-order valence-corrected chi connectivity index (χ0v) is 19.6. The van der Waals surface area contributed by atoms with Crippen LogP contribution in [-0.2, 0) is 4.79 Å². The van der Waals surface area contributed by atoms with Crippen molar-refractivity contribution in [1.29, 1.82) is 0 Å². The summed E-state index contributed by atoms with van der Waals surface area (Å²) in [7, 11) is 0. The van der Waals surface area contributed by atoms with E-state index in [1.807, 2.05) is 23.6 Å². The highest BCUT2D eigenvalue weighted by molar-refractivity contribution is 5.86. The van der Waals surface area contributed by atoms with Crippen LogP contribution in [0.15, 0.2) is 18.2 Å². The number of benzene rings is 1. The van der Waals surface area contributed by atoms with E-state index in [9.17, 15) is 14.7 Å². The van der Waals surface area contributed by atoms with E-state index in [0.29, 0.717) is 24.3 Å². The number of carbonyl (C=O) groups excluding carboxylic acids is 1. The van der Waals surface area contributed by atoms with Crippen LogP contribution in [0.3, 0.4) is 0 Å². The van der Waals surface area contributed by atoms with Gasteiger partial charge in [-0.15, -0.1) is 0 Å². The second-order valence-corrected chi connectivity index (χ2v) is 10.4. The molecule has 3 N–H and O–H groups in total. The molecule has 0 aromatic heterocycles. The van der Waals surface area contributed by atoms with E-state index in [-0.39, 0.29) is 29.8 Å². The van der Waals surface area contributed by atoms with Gasteiger partial charge in [-0.1, -0.05) is 19.9 Å². The van der Waals surface area contributed by atoms with Crippen molar-refractivity contribution in [3.63, 3.8) is 0 Å². The van der Waals surface area contributed by atoms with Gasteiger partial charge in [-0.05, 0) is 68.6 Å². The molecule has 7 nitrogen and oxygen atoms in total.